The summed E-state index contributed by atoms with van der Waals surface area (Å²) < 4.78 is 31.7. The van der Waals surface area contributed by atoms with Gasteiger partial charge in [0.1, 0.15) is 18.4 Å². The van der Waals surface area contributed by atoms with E-state index in [1.807, 2.05) is 0 Å². The second-order valence-corrected chi connectivity index (χ2v) is 10.8. The zero-order valence-corrected chi connectivity index (χ0v) is 17.9. The highest BCUT2D eigenvalue weighted by atomic mass is 32.2. The van der Waals surface area contributed by atoms with Crippen molar-refractivity contribution in [1.29, 1.82) is 0 Å². The lowest BCUT2D eigenvalue weighted by molar-refractivity contribution is -0.142. The monoisotopic (exact) mass is 441 g/mol. The van der Waals surface area contributed by atoms with Gasteiger partial charge in [-0.1, -0.05) is 5.92 Å². The van der Waals surface area contributed by atoms with Gasteiger partial charge in [0.15, 0.2) is 0 Å². The van der Waals surface area contributed by atoms with Gasteiger partial charge < -0.3 is 14.9 Å². The molecule has 0 spiro atoms. The number of ether oxygens (including phenoxy) is 1. The molecule has 1 aliphatic heterocycles. The van der Waals surface area contributed by atoms with Gasteiger partial charge in [0.2, 0.25) is 10.0 Å². The molecule has 1 fully saturated rings. The standard InChI is InChI=1S/C19H23NO7S2/c1-4-5-10-27-13-6-8-15(9-7-13)29(25,26)20-12-14(11-16(21)22)28-19(2,3)17(20)18(23)24/h6-9,14,17H,10-12H2,1-3H3,(H,21,22)(H,23,24)/t14-,17-/m0/s1. The van der Waals surface area contributed by atoms with Crippen molar-refractivity contribution in [2.75, 3.05) is 13.2 Å². The third kappa shape index (κ3) is 5.44. The average Bonchev–Trinajstić information content (AvgIpc) is 2.60. The molecule has 10 heteroatoms. The van der Waals surface area contributed by atoms with Gasteiger partial charge in [0.25, 0.3) is 0 Å². The van der Waals surface area contributed by atoms with E-state index in [0.29, 0.717) is 5.75 Å². The number of sulfonamides is 1. The van der Waals surface area contributed by atoms with Crippen LogP contribution in [0.5, 0.6) is 5.75 Å². The first-order valence-corrected chi connectivity index (χ1v) is 11.1. The third-order valence-corrected chi connectivity index (χ3v) is 7.68. The van der Waals surface area contributed by atoms with E-state index in [1.165, 1.54) is 36.0 Å². The van der Waals surface area contributed by atoms with Crippen LogP contribution in [0.3, 0.4) is 0 Å². The molecule has 8 nitrogen and oxygen atoms in total. The fraction of sp³-hybridized carbons (Fsp3) is 0.474. The Bertz CT molecular complexity index is 930. The van der Waals surface area contributed by atoms with E-state index in [4.69, 9.17) is 9.84 Å². The van der Waals surface area contributed by atoms with Gasteiger partial charge in [-0.25, -0.2) is 8.42 Å². The zero-order chi connectivity index (χ0) is 21.8. The van der Waals surface area contributed by atoms with E-state index in [2.05, 4.69) is 11.8 Å². The van der Waals surface area contributed by atoms with Gasteiger partial charge in [-0.3, -0.25) is 9.59 Å². The normalized spacial score (nSPS) is 21.6. The van der Waals surface area contributed by atoms with Crippen LogP contribution in [-0.4, -0.2) is 64.1 Å². The van der Waals surface area contributed by atoms with Crippen molar-refractivity contribution >= 4 is 33.7 Å². The molecule has 0 radical (unpaired) electrons. The maximum atomic E-state index is 13.2. The van der Waals surface area contributed by atoms with Crippen LogP contribution in [0.15, 0.2) is 29.2 Å². The summed E-state index contributed by atoms with van der Waals surface area (Å²) in [7, 11) is -4.18. The molecule has 0 unspecified atom stereocenters. The van der Waals surface area contributed by atoms with Crippen molar-refractivity contribution in [3.8, 4) is 17.6 Å². The van der Waals surface area contributed by atoms with Crippen molar-refractivity contribution < 1.29 is 33.0 Å². The van der Waals surface area contributed by atoms with Gasteiger partial charge in [-0.15, -0.1) is 17.7 Å². The number of hydrogen-bond donors (Lipinski definition) is 2. The minimum absolute atomic E-state index is 0.0885. The number of carboxylic acids is 2. The molecular weight excluding hydrogens is 418 g/mol. The first-order valence-electron chi connectivity index (χ1n) is 8.75. The van der Waals surface area contributed by atoms with Crippen molar-refractivity contribution in [2.45, 2.75) is 48.1 Å². The van der Waals surface area contributed by atoms with Gasteiger partial charge >= 0.3 is 11.9 Å². The number of carbonyl (C=O) groups is 2. The molecule has 0 bridgehead atoms. The topological polar surface area (TPSA) is 121 Å². The molecule has 1 aromatic rings. The predicted octanol–water partition coefficient (Wildman–Crippen LogP) is 1.90. The first kappa shape index (κ1) is 23.1. The maximum absolute atomic E-state index is 13.2. The molecule has 1 aromatic carbocycles. The highest BCUT2D eigenvalue weighted by Gasteiger charge is 2.51. The Kier molecular flexibility index (Phi) is 7.21. The summed E-state index contributed by atoms with van der Waals surface area (Å²) >= 11 is 1.18. The Morgan fingerprint density at radius 3 is 2.41 bits per heavy atom. The molecule has 0 aliphatic carbocycles. The molecule has 2 N–H and O–H groups in total. The number of thioether (sulfide) groups is 1. The van der Waals surface area contributed by atoms with Crippen LogP contribution in [0.25, 0.3) is 0 Å². The Hall–Kier alpha value is -2.22. The lowest BCUT2D eigenvalue weighted by Crippen LogP contribution is -2.60. The number of hydrogen-bond acceptors (Lipinski definition) is 6. The van der Waals surface area contributed by atoms with Crippen molar-refractivity contribution in [1.82, 2.24) is 4.31 Å². The van der Waals surface area contributed by atoms with Crippen molar-refractivity contribution in [3.63, 3.8) is 0 Å². The zero-order valence-electron chi connectivity index (χ0n) is 16.3. The maximum Gasteiger partial charge on any atom is 0.323 e. The van der Waals surface area contributed by atoms with E-state index in [-0.39, 0.29) is 24.5 Å². The van der Waals surface area contributed by atoms with Crippen molar-refractivity contribution in [2.24, 2.45) is 0 Å². The van der Waals surface area contributed by atoms with Crippen molar-refractivity contribution in [3.05, 3.63) is 24.3 Å². The first-order chi connectivity index (χ1) is 13.5. The van der Waals surface area contributed by atoms with E-state index in [0.717, 1.165) is 4.31 Å². The van der Waals surface area contributed by atoms with Gasteiger partial charge in [-0.2, -0.15) is 4.31 Å². The van der Waals surface area contributed by atoms with Crippen LogP contribution in [-0.2, 0) is 19.6 Å². The molecule has 1 heterocycles. The lowest BCUT2D eigenvalue weighted by Gasteiger charge is -2.45. The van der Waals surface area contributed by atoms with E-state index in [1.54, 1.807) is 20.8 Å². The summed E-state index contributed by atoms with van der Waals surface area (Å²) in [4.78, 5) is 23.0. The number of rotatable bonds is 7. The minimum atomic E-state index is -4.18. The molecule has 2 atom stereocenters. The number of carboxylic acid groups (broad SMARTS) is 2. The van der Waals surface area contributed by atoms with E-state index in [9.17, 15) is 23.1 Å². The average molecular weight is 442 g/mol. The molecule has 0 saturated carbocycles. The number of benzene rings is 1. The largest absolute Gasteiger partial charge is 0.481 e. The molecule has 0 aromatic heterocycles. The highest BCUT2D eigenvalue weighted by Crippen LogP contribution is 2.43. The van der Waals surface area contributed by atoms with Crippen LogP contribution < -0.4 is 4.74 Å². The van der Waals surface area contributed by atoms with Crippen LogP contribution >= 0.6 is 11.8 Å². The molecular formula is C19H23NO7S2. The number of aliphatic carboxylic acids is 2. The van der Waals surface area contributed by atoms with Crippen LogP contribution in [0.2, 0.25) is 0 Å². The van der Waals surface area contributed by atoms with Gasteiger partial charge in [0.05, 0.1) is 11.3 Å². The van der Waals surface area contributed by atoms with Crippen LogP contribution in [0.1, 0.15) is 27.2 Å². The van der Waals surface area contributed by atoms with Crippen LogP contribution in [0.4, 0.5) is 0 Å². The second kappa shape index (κ2) is 9.07. The highest BCUT2D eigenvalue weighted by molar-refractivity contribution is 8.01. The molecule has 158 valence electrons. The predicted molar refractivity (Wildman–Crippen MR) is 108 cm³/mol. The SMILES string of the molecule is CC#CCOc1ccc(S(=O)(=O)N2C[C@H](CC(=O)O)SC(C)(C)[C@@H]2C(=O)O)cc1. The molecule has 1 saturated heterocycles. The second-order valence-electron chi connectivity index (χ2n) is 6.94. The summed E-state index contributed by atoms with van der Waals surface area (Å²) in [5.74, 6) is 3.49. The molecule has 2 rings (SSSR count). The fourth-order valence-corrected chi connectivity index (χ4v) is 6.77. The smallest absolute Gasteiger partial charge is 0.323 e. The van der Waals surface area contributed by atoms with E-state index < -0.39 is 38.0 Å². The van der Waals surface area contributed by atoms with Gasteiger partial charge in [-0.05, 0) is 45.0 Å². The van der Waals surface area contributed by atoms with Gasteiger partial charge in [0, 0.05) is 16.5 Å². The Morgan fingerprint density at radius 2 is 1.90 bits per heavy atom. The quantitative estimate of drug-likeness (QED) is 0.616. The molecule has 0 amide bonds. The Labute approximate surface area is 174 Å². The summed E-state index contributed by atoms with van der Waals surface area (Å²) in [6.45, 7) is 4.85. The minimum Gasteiger partial charge on any atom is -0.481 e. The molecule has 29 heavy (non-hydrogen) atoms. The Morgan fingerprint density at radius 1 is 1.28 bits per heavy atom. The number of nitrogens with zero attached hydrogens (tertiary/aromatic N) is 1. The fourth-order valence-electron chi connectivity index (χ4n) is 3.18. The third-order valence-electron chi connectivity index (χ3n) is 4.35. The molecule has 1 aliphatic rings. The van der Waals surface area contributed by atoms with Crippen LogP contribution in [0, 0.1) is 11.8 Å². The Balaban J connectivity index is 2.38. The summed E-state index contributed by atoms with van der Waals surface area (Å²) in [6, 6.07) is 4.28. The summed E-state index contributed by atoms with van der Waals surface area (Å²) in [5, 5.41) is 18.3. The van der Waals surface area contributed by atoms with E-state index >= 15 is 0 Å². The summed E-state index contributed by atoms with van der Waals surface area (Å²) in [5.41, 5.74) is 0. The summed E-state index contributed by atoms with van der Waals surface area (Å²) in [6.07, 6.45) is -0.266. The lowest BCUT2D eigenvalue weighted by atomic mass is 10.0.